The lowest BCUT2D eigenvalue weighted by Gasteiger charge is -2.18. The molecule has 5 nitrogen and oxygen atoms in total. The number of rotatable bonds is 8. The van der Waals surface area contributed by atoms with E-state index in [-0.39, 0.29) is 18.0 Å². The molecule has 2 atom stereocenters. The molecule has 31 heavy (non-hydrogen) atoms. The highest BCUT2D eigenvalue weighted by atomic mass is 16.6. The summed E-state index contributed by atoms with van der Waals surface area (Å²) in [5.41, 5.74) is 0. The van der Waals surface area contributed by atoms with Gasteiger partial charge in [-0.05, 0) is 37.3 Å². The van der Waals surface area contributed by atoms with Crippen LogP contribution in [0.2, 0.25) is 0 Å². The van der Waals surface area contributed by atoms with E-state index in [4.69, 9.17) is 18.9 Å². The molecular weight excluding hydrogens is 392 g/mol. The van der Waals surface area contributed by atoms with Gasteiger partial charge in [-0.1, -0.05) is 42.5 Å². The number of fused-ring (bicyclic) bond motifs is 2. The Morgan fingerprint density at radius 3 is 2.39 bits per heavy atom. The molecule has 5 heteroatoms. The number of benzene rings is 4. The summed E-state index contributed by atoms with van der Waals surface area (Å²) >= 11 is 0. The fourth-order valence-electron chi connectivity index (χ4n) is 3.62. The Bertz CT molecular complexity index is 1200. The van der Waals surface area contributed by atoms with Gasteiger partial charge in [0.25, 0.3) is 0 Å². The number of hydrogen-bond acceptors (Lipinski definition) is 5. The maximum atomic E-state index is 11.0. The van der Waals surface area contributed by atoms with Crippen molar-refractivity contribution in [2.45, 2.75) is 19.1 Å². The normalized spacial score (nSPS) is 16.4. The van der Waals surface area contributed by atoms with E-state index >= 15 is 0 Å². The number of phenolic OH excluding ortho intramolecular Hbond substituents is 1. The molecule has 0 bridgehead atoms. The molecule has 0 saturated carbocycles. The van der Waals surface area contributed by atoms with Gasteiger partial charge in [-0.2, -0.15) is 0 Å². The van der Waals surface area contributed by atoms with Crippen LogP contribution in [0.3, 0.4) is 0 Å². The molecule has 2 unspecified atom stereocenters. The predicted molar refractivity (Wildman–Crippen MR) is 120 cm³/mol. The number of phenols is 1. The molecular formula is C26H24O5. The zero-order valence-corrected chi connectivity index (χ0v) is 17.3. The highest BCUT2D eigenvalue weighted by molar-refractivity contribution is 6.11. The molecule has 1 saturated heterocycles. The van der Waals surface area contributed by atoms with Crippen molar-refractivity contribution in [3.63, 3.8) is 0 Å². The van der Waals surface area contributed by atoms with Crippen LogP contribution in [0.1, 0.15) is 6.92 Å². The molecule has 1 aliphatic heterocycles. The summed E-state index contributed by atoms with van der Waals surface area (Å²) in [5.74, 6) is 2.33. The summed E-state index contributed by atoms with van der Waals surface area (Å²) in [6.07, 6.45) is 0.147. The van der Waals surface area contributed by atoms with Crippen molar-refractivity contribution in [3.05, 3.63) is 72.8 Å². The van der Waals surface area contributed by atoms with Crippen LogP contribution in [0.15, 0.2) is 72.8 Å². The fraction of sp³-hybridized carbons (Fsp3) is 0.231. The van der Waals surface area contributed by atoms with E-state index in [9.17, 15) is 5.11 Å². The van der Waals surface area contributed by atoms with Crippen LogP contribution in [-0.2, 0) is 9.47 Å². The first kappa shape index (κ1) is 19.7. The first-order valence-corrected chi connectivity index (χ1v) is 10.5. The van der Waals surface area contributed by atoms with Crippen LogP contribution < -0.4 is 9.47 Å². The highest BCUT2D eigenvalue weighted by Gasteiger charge is 2.23. The summed E-state index contributed by atoms with van der Waals surface area (Å²) in [4.78, 5) is 0. The highest BCUT2D eigenvalue weighted by Crippen LogP contribution is 2.43. The van der Waals surface area contributed by atoms with Gasteiger partial charge in [0.15, 0.2) is 0 Å². The summed E-state index contributed by atoms with van der Waals surface area (Å²) < 4.78 is 23.2. The maximum Gasteiger partial charge on any atom is 0.135 e. The van der Waals surface area contributed by atoms with E-state index in [1.54, 1.807) is 0 Å². The number of epoxide rings is 1. The van der Waals surface area contributed by atoms with Crippen LogP contribution in [-0.4, -0.2) is 37.1 Å². The lowest BCUT2D eigenvalue weighted by atomic mass is 10.0. The van der Waals surface area contributed by atoms with Crippen molar-refractivity contribution in [2.75, 3.05) is 19.8 Å². The van der Waals surface area contributed by atoms with Crippen molar-refractivity contribution in [2.24, 2.45) is 0 Å². The van der Waals surface area contributed by atoms with Gasteiger partial charge < -0.3 is 24.1 Å². The summed E-state index contributed by atoms with van der Waals surface area (Å²) in [6, 6.07) is 22.9. The van der Waals surface area contributed by atoms with Gasteiger partial charge in [0.2, 0.25) is 0 Å². The lowest BCUT2D eigenvalue weighted by Crippen LogP contribution is -2.20. The first-order valence-electron chi connectivity index (χ1n) is 10.5. The fourth-order valence-corrected chi connectivity index (χ4v) is 3.62. The largest absolute Gasteiger partial charge is 0.507 e. The van der Waals surface area contributed by atoms with E-state index in [0.29, 0.717) is 24.3 Å². The second-order valence-electron chi connectivity index (χ2n) is 7.76. The van der Waals surface area contributed by atoms with Crippen molar-refractivity contribution in [1.29, 1.82) is 0 Å². The monoisotopic (exact) mass is 416 g/mol. The van der Waals surface area contributed by atoms with Crippen LogP contribution in [0.4, 0.5) is 0 Å². The van der Waals surface area contributed by atoms with Gasteiger partial charge >= 0.3 is 0 Å². The van der Waals surface area contributed by atoms with Crippen molar-refractivity contribution in [3.8, 4) is 23.0 Å². The average Bonchev–Trinajstić information content (AvgIpc) is 3.63. The van der Waals surface area contributed by atoms with E-state index in [1.807, 2.05) is 79.7 Å². The second-order valence-corrected chi connectivity index (χ2v) is 7.76. The zero-order valence-electron chi connectivity index (χ0n) is 17.3. The average molecular weight is 416 g/mol. The SMILES string of the molecule is CC(COc1c2ccccc2c(O)c2cc(Oc3ccccc3)ccc12)OCC1CO1. The Morgan fingerprint density at radius 2 is 1.61 bits per heavy atom. The van der Waals surface area contributed by atoms with Gasteiger partial charge in [-0.15, -0.1) is 0 Å². The first-order chi connectivity index (χ1) is 15.2. The van der Waals surface area contributed by atoms with Crippen molar-refractivity contribution >= 4 is 21.5 Å². The Kier molecular flexibility index (Phi) is 5.37. The number of ether oxygens (including phenoxy) is 4. The Labute approximate surface area is 180 Å². The Hall–Kier alpha value is -3.28. The molecule has 4 aromatic rings. The van der Waals surface area contributed by atoms with E-state index in [0.717, 1.165) is 34.3 Å². The maximum absolute atomic E-state index is 11.0. The molecule has 0 radical (unpaired) electrons. The summed E-state index contributed by atoms with van der Waals surface area (Å²) in [6.45, 7) is 3.74. The van der Waals surface area contributed by atoms with Crippen LogP contribution in [0.25, 0.3) is 21.5 Å². The zero-order chi connectivity index (χ0) is 21.2. The Morgan fingerprint density at radius 1 is 0.903 bits per heavy atom. The number of para-hydroxylation sites is 1. The Balaban J connectivity index is 1.50. The van der Waals surface area contributed by atoms with Crippen LogP contribution in [0, 0.1) is 0 Å². The standard InChI is InChI=1S/C26H24O5/c1-17(28-15-20-16-29-20)14-30-26-22-10-6-5-9-21(22)25(27)24-13-19(11-12-23(24)26)31-18-7-3-2-4-8-18/h2-13,17,20,27H,14-16H2,1H3. The third kappa shape index (κ3) is 4.29. The van der Waals surface area contributed by atoms with Crippen LogP contribution >= 0.6 is 0 Å². The van der Waals surface area contributed by atoms with E-state index in [1.165, 1.54) is 0 Å². The molecule has 4 aromatic carbocycles. The molecule has 0 aliphatic carbocycles. The van der Waals surface area contributed by atoms with Crippen LogP contribution in [0.5, 0.6) is 23.0 Å². The second kappa shape index (κ2) is 8.46. The van der Waals surface area contributed by atoms with Crippen molar-refractivity contribution in [1.82, 2.24) is 0 Å². The third-order valence-corrected chi connectivity index (χ3v) is 5.33. The summed E-state index contributed by atoms with van der Waals surface area (Å²) in [5, 5.41) is 14.1. The van der Waals surface area contributed by atoms with Gasteiger partial charge in [-0.25, -0.2) is 0 Å². The molecule has 158 valence electrons. The lowest BCUT2D eigenvalue weighted by molar-refractivity contribution is 0.0248. The predicted octanol–water partition coefficient (Wildman–Crippen LogP) is 5.67. The molecule has 1 heterocycles. The van der Waals surface area contributed by atoms with E-state index in [2.05, 4.69) is 0 Å². The molecule has 0 aromatic heterocycles. The quantitative estimate of drug-likeness (QED) is 0.296. The molecule has 1 N–H and O–H groups in total. The molecule has 1 fully saturated rings. The molecule has 5 rings (SSSR count). The van der Waals surface area contributed by atoms with Gasteiger partial charge in [0, 0.05) is 21.5 Å². The minimum Gasteiger partial charge on any atom is -0.507 e. The molecule has 0 amide bonds. The van der Waals surface area contributed by atoms with E-state index < -0.39 is 0 Å². The molecule has 1 aliphatic rings. The topological polar surface area (TPSA) is 60.5 Å². The minimum absolute atomic E-state index is 0.0764. The van der Waals surface area contributed by atoms with Crippen molar-refractivity contribution < 1.29 is 24.1 Å². The van der Waals surface area contributed by atoms with Gasteiger partial charge in [0.05, 0.1) is 19.3 Å². The van der Waals surface area contributed by atoms with Gasteiger partial charge in [-0.3, -0.25) is 0 Å². The minimum atomic E-state index is -0.0764. The van der Waals surface area contributed by atoms with Gasteiger partial charge in [0.1, 0.15) is 35.7 Å². The smallest absolute Gasteiger partial charge is 0.135 e. The summed E-state index contributed by atoms with van der Waals surface area (Å²) in [7, 11) is 0. The third-order valence-electron chi connectivity index (χ3n) is 5.33. The number of aromatic hydroxyl groups is 1. The molecule has 0 spiro atoms. The number of hydrogen-bond donors (Lipinski definition) is 1.